The number of aromatic nitrogens is 1. The van der Waals surface area contributed by atoms with Gasteiger partial charge in [0, 0.05) is 29.5 Å². The molecule has 0 aliphatic rings. The Bertz CT molecular complexity index is 499. The molecule has 0 fully saturated rings. The molecule has 1 atom stereocenters. The predicted molar refractivity (Wildman–Crippen MR) is 59.2 cm³/mol. The molecular formula is C11H10NO2S-. The van der Waals surface area contributed by atoms with E-state index in [0.717, 1.165) is 16.5 Å². The van der Waals surface area contributed by atoms with Crippen molar-refractivity contribution in [2.45, 2.75) is 6.42 Å². The normalized spacial score (nSPS) is 12.9. The molecule has 3 nitrogen and oxygen atoms in total. The summed E-state index contributed by atoms with van der Waals surface area (Å²) >= 11 is -1.99. The van der Waals surface area contributed by atoms with Gasteiger partial charge in [-0.2, -0.15) is 0 Å². The quantitative estimate of drug-likeness (QED) is 0.739. The molecule has 0 aliphatic carbocycles. The minimum absolute atomic E-state index is 0.130. The maximum absolute atomic E-state index is 10.4. The molecule has 1 aromatic heterocycles. The Balaban J connectivity index is 2.26. The van der Waals surface area contributed by atoms with Gasteiger partial charge in [0.1, 0.15) is 0 Å². The predicted octanol–water partition coefficient (Wildman–Crippen LogP) is 1.66. The van der Waals surface area contributed by atoms with E-state index in [1.54, 1.807) is 6.20 Å². The molecule has 2 rings (SSSR count). The molecule has 1 aromatic carbocycles. The molecule has 2 aromatic rings. The van der Waals surface area contributed by atoms with Crippen molar-refractivity contribution in [3.05, 3.63) is 42.2 Å². The zero-order valence-corrected chi connectivity index (χ0v) is 8.87. The Kier molecular flexibility index (Phi) is 3.08. The third kappa shape index (κ3) is 2.61. The van der Waals surface area contributed by atoms with Crippen LogP contribution in [0.2, 0.25) is 0 Å². The molecule has 0 N–H and O–H groups in total. The topological polar surface area (TPSA) is 53.0 Å². The summed E-state index contributed by atoms with van der Waals surface area (Å²) in [6.07, 6.45) is 2.25. The third-order valence-electron chi connectivity index (χ3n) is 2.21. The lowest BCUT2D eigenvalue weighted by molar-refractivity contribution is 0.536. The van der Waals surface area contributed by atoms with Crippen molar-refractivity contribution in [2.75, 3.05) is 5.75 Å². The van der Waals surface area contributed by atoms with Crippen molar-refractivity contribution in [1.82, 2.24) is 4.98 Å². The standard InChI is InChI=1S/C11H11NO2S/c13-15(14)6-5-11-7-9-3-1-2-4-10(9)8-12-11/h1-4,7-8H,5-6H2,(H,13,14)/p-1. The Morgan fingerprint density at radius 3 is 2.73 bits per heavy atom. The fourth-order valence-electron chi connectivity index (χ4n) is 1.45. The van der Waals surface area contributed by atoms with E-state index in [1.807, 2.05) is 30.3 Å². The number of hydrogen-bond acceptors (Lipinski definition) is 3. The van der Waals surface area contributed by atoms with Gasteiger partial charge in [-0.1, -0.05) is 35.3 Å². The molecule has 78 valence electrons. The summed E-state index contributed by atoms with van der Waals surface area (Å²) in [5.41, 5.74) is 0.818. The van der Waals surface area contributed by atoms with E-state index in [9.17, 15) is 8.76 Å². The Morgan fingerprint density at radius 2 is 2.00 bits per heavy atom. The molecule has 0 saturated heterocycles. The second-order valence-corrected chi connectivity index (χ2v) is 4.30. The Labute approximate surface area is 90.4 Å². The van der Waals surface area contributed by atoms with Crippen molar-refractivity contribution >= 4 is 21.9 Å². The van der Waals surface area contributed by atoms with Crippen LogP contribution in [0.5, 0.6) is 0 Å². The van der Waals surface area contributed by atoms with Gasteiger partial charge in [-0.3, -0.25) is 9.19 Å². The zero-order chi connectivity index (χ0) is 10.7. The van der Waals surface area contributed by atoms with E-state index in [2.05, 4.69) is 4.98 Å². The Morgan fingerprint density at radius 1 is 1.27 bits per heavy atom. The van der Waals surface area contributed by atoms with Crippen LogP contribution >= 0.6 is 0 Å². The first kappa shape index (κ1) is 10.3. The molecule has 0 aliphatic heterocycles. The molecule has 0 saturated carbocycles. The number of benzene rings is 1. The first-order valence-corrected chi connectivity index (χ1v) is 5.89. The summed E-state index contributed by atoms with van der Waals surface area (Å²) in [5.74, 6) is 0.130. The highest BCUT2D eigenvalue weighted by atomic mass is 32.2. The average molecular weight is 220 g/mol. The van der Waals surface area contributed by atoms with Crippen LogP contribution in [-0.2, 0) is 17.5 Å². The molecule has 1 heterocycles. The Hall–Kier alpha value is -1.26. The van der Waals surface area contributed by atoms with Gasteiger partial charge in [-0.25, -0.2) is 0 Å². The number of nitrogens with zero attached hydrogens (tertiary/aromatic N) is 1. The first-order chi connectivity index (χ1) is 7.25. The fraction of sp³-hybridized carbons (Fsp3) is 0.182. The van der Waals surface area contributed by atoms with Crippen LogP contribution in [0.3, 0.4) is 0 Å². The largest absolute Gasteiger partial charge is 0.772 e. The van der Waals surface area contributed by atoms with Gasteiger partial charge < -0.3 is 4.55 Å². The van der Waals surface area contributed by atoms with Gasteiger partial charge in [0.25, 0.3) is 0 Å². The smallest absolute Gasteiger partial charge is 0.0418 e. The van der Waals surface area contributed by atoms with E-state index in [-0.39, 0.29) is 5.75 Å². The molecule has 0 spiro atoms. The van der Waals surface area contributed by atoms with Gasteiger partial charge in [0.05, 0.1) is 0 Å². The van der Waals surface area contributed by atoms with Crippen LogP contribution in [0.15, 0.2) is 36.5 Å². The van der Waals surface area contributed by atoms with Crippen LogP contribution in [0.25, 0.3) is 10.8 Å². The van der Waals surface area contributed by atoms with Crippen LogP contribution in [0, 0.1) is 0 Å². The van der Waals surface area contributed by atoms with E-state index in [4.69, 9.17) is 0 Å². The number of fused-ring (bicyclic) bond motifs is 1. The van der Waals surface area contributed by atoms with E-state index in [0.29, 0.717) is 6.42 Å². The minimum Gasteiger partial charge on any atom is -0.772 e. The van der Waals surface area contributed by atoms with E-state index < -0.39 is 11.1 Å². The summed E-state index contributed by atoms with van der Waals surface area (Å²) in [5, 5.41) is 2.17. The molecule has 1 unspecified atom stereocenters. The van der Waals surface area contributed by atoms with Crippen molar-refractivity contribution in [1.29, 1.82) is 0 Å². The molecular weight excluding hydrogens is 210 g/mol. The lowest BCUT2D eigenvalue weighted by atomic mass is 10.1. The van der Waals surface area contributed by atoms with E-state index in [1.165, 1.54) is 0 Å². The molecule has 0 radical (unpaired) electrons. The lowest BCUT2D eigenvalue weighted by Crippen LogP contribution is -2.01. The number of hydrogen-bond donors (Lipinski definition) is 0. The van der Waals surface area contributed by atoms with Gasteiger partial charge in [0.15, 0.2) is 0 Å². The van der Waals surface area contributed by atoms with Gasteiger partial charge in [0.2, 0.25) is 0 Å². The summed E-state index contributed by atoms with van der Waals surface area (Å²) in [7, 11) is 0. The van der Waals surface area contributed by atoms with Gasteiger partial charge >= 0.3 is 0 Å². The van der Waals surface area contributed by atoms with Crippen molar-refractivity contribution in [3.63, 3.8) is 0 Å². The highest BCUT2D eigenvalue weighted by molar-refractivity contribution is 7.79. The minimum atomic E-state index is -1.99. The summed E-state index contributed by atoms with van der Waals surface area (Å²) < 4.78 is 20.8. The van der Waals surface area contributed by atoms with Crippen LogP contribution < -0.4 is 0 Å². The van der Waals surface area contributed by atoms with Crippen molar-refractivity contribution < 1.29 is 8.76 Å². The van der Waals surface area contributed by atoms with Gasteiger partial charge in [-0.15, -0.1) is 0 Å². The van der Waals surface area contributed by atoms with Gasteiger partial charge in [-0.05, 0) is 11.5 Å². The number of pyridine rings is 1. The summed E-state index contributed by atoms with van der Waals surface area (Å²) in [4.78, 5) is 4.21. The highest BCUT2D eigenvalue weighted by Crippen LogP contribution is 2.13. The SMILES string of the molecule is O=S([O-])CCc1cc2ccccc2cn1. The number of rotatable bonds is 3. The zero-order valence-electron chi connectivity index (χ0n) is 8.05. The second kappa shape index (κ2) is 4.51. The lowest BCUT2D eigenvalue weighted by Gasteiger charge is -2.05. The monoisotopic (exact) mass is 220 g/mol. The molecule has 4 heteroatoms. The highest BCUT2D eigenvalue weighted by Gasteiger charge is 1.97. The third-order valence-corrected chi connectivity index (χ3v) is 2.75. The van der Waals surface area contributed by atoms with Crippen molar-refractivity contribution in [3.8, 4) is 0 Å². The maximum Gasteiger partial charge on any atom is 0.0418 e. The number of aryl methyl sites for hydroxylation is 1. The maximum atomic E-state index is 10.4. The molecule has 15 heavy (non-hydrogen) atoms. The van der Waals surface area contributed by atoms with Crippen LogP contribution in [0.1, 0.15) is 5.69 Å². The van der Waals surface area contributed by atoms with Crippen LogP contribution in [-0.4, -0.2) is 19.5 Å². The molecule has 0 bridgehead atoms. The molecule has 0 amide bonds. The fourth-order valence-corrected chi connectivity index (χ4v) is 1.83. The second-order valence-electron chi connectivity index (χ2n) is 3.28. The van der Waals surface area contributed by atoms with E-state index >= 15 is 0 Å². The summed E-state index contributed by atoms with van der Waals surface area (Å²) in [6, 6.07) is 9.82. The van der Waals surface area contributed by atoms with Crippen LogP contribution in [0.4, 0.5) is 0 Å². The average Bonchev–Trinajstić information content (AvgIpc) is 2.26. The van der Waals surface area contributed by atoms with Crippen molar-refractivity contribution in [2.24, 2.45) is 0 Å². The first-order valence-electron chi connectivity index (χ1n) is 4.65. The summed E-state index contributed by atoms with van der Waals surface area (Å²) in [6.45, 7) is 0.